The third-order valence-electron chi connectivity index (χ3n) is 5.23. The summed E-state index contributed by atoms with van der Waals surface area (Å²) in [6.45, 7) is 0. The van der Waals surface area contributed by atoms with Gasteiger partial charge in [0.1, 0.15) is 5.75 Å². The van der Waals surface area contributed by atoms with Gasteiger partial charge in [0.15, 0.2) is 0 Å². The van der Waals surface area contributed by atoms with Crippen LogP contribution in [0.25, 0.3) is 11.1 Å². The van der Waals surface area contributed by atoms with Gasteiger partial charge in [0, 0.05) is 17.8 Å². The van der Waals surface area contributed by atoms with Gasteiger partial charge in [0.2, 0.25) is 0 Å². The van der Waals surface area contributed by atoms with Crippen LogP contribution >= 0.6 is 0 Å². The standard InChI is InChI=1S/C24H21F3N2O3/c25-24(26,27)32-20-8-2-6-17(13-20)16-5-1-7-18(12-16)28-23(31)29-22-9-3-4-15-10-11-19(30)14-21(15)22/h1-9,12-13,19,30H,10-11,14H2,(H2,28,29,31). The van der Waals surface area contributed by atoms with Crippen LogP contribution in [0.4, 0.5) is 29.3 Å². The van der Waals surface area contributed by atoms with Crippen LogP contribution in [-0.4, -0.2) is 23.6 Å². The van der Waals surface area contributed by atoms with E-state index in [1.54, 1.807) is 36.4 Å². The second kappa shape index (κ2) is 8.92. The number of carbonyl (C=O) groups is 1. The van der Waals surface area contributed by atoms with Crippen molar-refractivity contribution in [3.05, 3.63) is 77.9 Å². The Kier molecular flexibility index (Phi) is 6.05. The summed E-state index contributed by atoms with van der Waals surface area (Å²) >= 11 is 0. The zero-order chi connectivity index (χ0) is 22.7. The van der Waals surface area contributed by atoms with Crippen molar-refractivity contribution in [3.63, 3.8) is 0 Å². The number of carbonyl (C=O) groups excluding carboxylic acids is 1. The quantitative estimate of drug-likeness (QED) is 0.482. The second-order valence-corrected chi connectivity index (χ2v) is 7.58. The summed E-state index contributed by atoms with van der Waals surface area (Å²) in [7, 11) is 0. The summed E-state index contributed by atoms with van der Waals surface area (Å²) in [4.78, 5) is 12.6. The van der Waals surface area contributed by atoms with Crippen LogP contribution in [0.1, 0.15) is 17.5 Å². The summed E-state index contributed by atoms with van der Waals surface area (Å²) in [6, 6.07) is 17.6. The number of halogens is 3. The molecule has 1 atom stereocenters. The lowest BCUT2D eigenvalue weighted by molar-refractivity contribution is -0.274. The molecular formula is C24H21F3N2O3. The lowest BCUT2D eigenvalue weighted by Gasteiger charge is -2.23. The van der Waals surface area contributed by atoms with Gasteiger partial charge in [-0.05, 0) is 65.4 Å². The normalized spacial score (nSPS) is 15.6. The van der Waals surface area contributed by atoms with Crippen LogP contribution in [0.3, 0.4) is 0 Å². The van der Waals surface area contributed by atoms with Crippen molar-refractivity contribution < 1.29 is 27.8 Å². The molecule has 1 unspecified atom stereocenters. The van der Waals surface area contributed by atoms with Crippen LogP contribution in [-0.2, 0) is 12.8 Å². The van der Waals surface area contributed by atoms with E-state index in [-0.39, 0.29) is 5.75 Å². The molecule has 3 N–H and O–H groups in total. The van der Waals surface area contributed by atoms with Crippen LogP contribution in [0.2, 0.25) is 0 Å². The molecular weight excluding hydrogens is 421 g/mol. The summed E-state index contributed by atoms with van der Waals surface area (Å²) < 4.78 is 41.5. The second-order valence-electron chi connectivity index (χ2n) is 7.58. The molecule has 4 rings (SSSR count). The maximum absolute atomic E-state index is 12.6. The Morgan fingerprint density at radius 3 is 2.47 bits per heavy atom. The predicted octanol–water partition coefficient (Wildman–Crippen LogP) is 5.75. The number of anilines is 2. The van der Waals surface area contributed by atoms with Crippen molar-refractivity contribution >= 4 is 17.4 Å². The van der Waals surface area contributed by atoms with Gasteiger partial charge in [-0.15, -0.1) is 13.2 Å². The van der Waals surface area contributed by atoms with Gasteiger partial charge in [-0.25, -0.2) is 4.79 Å². The van der Waals surface area contributed by atoms with Gasteiger partial charge < -0.3 is 20.5 Å². The van der Waals surface area contributed by atoms with E-state index >= 15 is 0 Å². The molecule has 0 aliphatic heterocycles. The lowest BCUT2D eigenvalue weighted by atomic mass is 9.88. The number of nitrogens with one attached hydrogen (secondary N) is 2. The van der Waals surface area contributed by atoms with Gasteiger partial charge in [-0.1, -0.05) is 36.4 Å². The highest BCUT2D eigenvalue weighted by Crippen LogP contribution is 2.30. The van der Waals surface area contributed by atoms with Gasteiger partial charge in [0.05, 0.1) is 6.10 Å². The van der Waals surface area contributed by atoms with Crippen LogP contribution in [0.15, 0.2) is 66.7 Å². The van der Waals surface area contributed by atoms with Gasteiger partial charge in [-0.2, -0.15) is 0 Å². The maximum atomic E-state index is 12.6. The molecule has 0 saturated carbocycles. The lowest BCUT2D eigenvalue weighted by Crippen LogP contribution is -2.24. The number of urea groups is 1. The number of ether oxygens (including phenoxy) is 1. The molecule has 0 fully saturated rings. The van der Waals surface area contributed by atoms with Crippen molar-refractivity contribution in [3.8, 4) is 16.9 Å². The summed E-state index contributed by atoms with van der Waals surface area (Å²) in [5.74, 6) is -0.317. The minimum atomic E-state index is -4.77. The predicted molar refractivity (Wildman–Crippen MR) is 116 cm³/mol. The molecule has 0 spiro atoms. The molecule has 0 heterocycles. The molecule has 1 aliphatic rings. The number of amides is 2. The van der Waals surface area contributed by atoms with E-state index in [1.165, 1.54) is 18.2 Å². The first kappa shape index (κ1) is 21.7. The molecule has 3 aromatic carbocycles. The number of hydrogen-bond acceptors (Lipinski definition) is 3. The fraction of sp³-hybridized carbons (Fsp3) is 0.208. The van der Waals surface area contributed by atoms with Crippen molar-refractivity contribution in [1.29, 1.82) is 0 Å². The van der Waals surface area contributed by atoms with Crippen molar-refractivity contribution in [1.82, 2.24) is 0 Å². The largest absolute Gasteiger partial charge is 0.573 e. The Balaban J connectivity index is 1.48. The van der Waals surface area contributed by atoms with Crippen LogP contribution in [0, 0.1) is 0 Å². The van der Waals surface area contributed by atoms with E-state index in [4.69, 9.17) is 0 Å². The topological polar surface area (TPSA) is 70.6 Å². The Morgan fingerprint density at radius 1 is 0.969 bits per heavy atom. The minimum absolute atomic E-state index is 0.317. The molecule has 3 aromatic rings. The van der Waals surface area contributed by atoms with E-state index < -0.39 is 18.5 Å². The fourth-order valence-corrected chi connectivity index (χ4v) is 3.82. The van der Waals surface area contributed by atoms with E-state index in [9.17, 15) is 23.1 Å². The highest BCUT2D eigenvalue weighted by Gasteiger charge is 2.31. The Hall–Kier alpha value is -3.52. The van der Waals surface area contributed by atoms with E-state index in [0.29, 0.717) is 35.3 Å². The molecule has 8 heteroatoms. The van der Waals surface area contributed by atoms with Gasteiger partial charge >= 0.3 is 12.4 Å². The number of fused-ring (bicyclic) bond motifs is 1. The van der Waals surface area contributed by atoms with Crippen molar-refractivity contribution in [2.75, 3.05) is 10.6 Å². The Labute approximate surface area is 182 Å². The molecule has 32 heavy (non-hydrogen) atoms. The number of aliphatic hydroxyl groups is 1. The Morgan fingerprint density at radius 2 is 1.69 bits per heavy atom. The molecule has 5 nitrogen and oxygen atoms in total. The van der Waals surface area contributed by atoms with Gasteiger partial charge in [-0.3, -0.25) is 0 Å². The average molecular weight is 442 g/mol. The highest BCUT2D eigenvalue weighted by molar-refractivity contribution is 6.00. The number of benzene rings is 3. The number of rotatable bonds is 4. The average Bonchev–Trinajstić information content (AvgIpc) is 2.73. The van der Waals surface area contributed by atoms with Crippen molar-refractivity contribution in [2.45, 2.75) is 31.7 Å². The minimum Gasteiger partial charge on any atom is -0.406 e. The zero-order valence-corrected chi connectivity index (χ0v) is 16.9. The first-order valence-electron chi connectivity index (χ1n) is 10.1. The van der Waals surface area contributed by atoms with E-state index in [1.807, 2.05) is 12.1 Å². The van der Waals surface area contributed by atoms with Crippen LogP contribution in [0.5, 0.6) is 5.75 Å². The third kappa shape index (κ3) is 5.39. The smallest absolute Gasteiger partial charge is 0.406 e. The summed E-state index contributed by atoms with van der Waals surface area (Å²) in [5.41, 5.74) is 4.30. The Bertz CT molecular complexity index is 1130. The maximum Gasteiger partial charge on any atom is 0.573 e. The highest BCUT2D eigenvalue weighted by atomic mass is 19.4. The third-order valence-corrected chi connectivity index (χ3v) is 5.23. The molecule has 0 bridgehead atoms. The van der Waals surface area contributed by atoms with Gasteiger partial charge in [0.25, 0.3) is 0 Å². The number of aryl methyl sites for hydroxylation is 1. The zero-order valence-electron chi connectivity index (χ0n) is 16.9. The van der Waals surface area contributed by atoms with Crippen LogP contribution < -0.4 is 15.4 Å². The number of alkyl halides is 3. The summed E-state index contributed by atoms with van der Waals surface area (Å²) in [5, 5.41) is 15.5. The molecule has 0 aromatic heterocycles. The van der Waals surface area contributed by atoms with E-state index in [2.05, 4.69) is 15.4 Å². The molecule has 166 valence electrons. The number of aliphatic hydroxyl groups excluding tert-OH is 1. The molecule has 2 amide bonds. The SMILES string of the molecule is O=C(Nc1cccc(-c2cccc(OC(F)(F)F)c2)c1)Nc1cccc2c1CC(O)CC2. The molecule has 1 aliphatic carbocycles. The summed E-state index contributed by atoms with van der Waals surface area (Å²) in [6.07, 6.45) is -3.26. The van der Waals surface area contributed by atoms with Crippen molar-refractivity contribution in [2.24, 2.45) is 0 Å². The molecule has 0 radical (unpaired) electrons. The van der Waals surface area contributed by atoms with E-state index in [0.717, 1.165) is 17.5 Å². The molecule has 0 saturated heterocycles. The fourth-order valence-electron chi connectivity index (χ4n) is 3.82. The monoisotopic (exact) mass is 442 g/mol. The first-order chi connectivity index (χ1) is 15.3. The number of hydrogen-bond donors (Lipinski definition) is 3. The first-order valence-corrected chi connectivity index (χ1v) is 10.1.